The Kier molecular flexibility index (Phi) is 2.91. The summed E-state index contributed by atoms with van der Waals surface area (Å²) in [5.41, 5.74) is 0.945. The molecule has 96 valence electrons. The van der Waals surface area contributed by atoms with Crippen molar-refractivity contribution in [2.75, 3.05) is 13.2 Å². The fraction of sp³-hybridized carbons (Fsp3) is 0.538. The lowest BCUT2D eigenvalue weighted by Gasteiger charge is -2.40. The molecule has 0 radical (unpaired) electrons. The Morgan fingerprint density at radius 3 is 3.06 bits per heavy atom. The first-order valence-electron chi connectivity index (χ1n) is 6.24. The topological polar surface area (TPSA) is 61.6 Å². The first-order valence-corrected chi connectivity index (χ1v) is 6.24. The highest BCUT2D eigenvalue weighted by atomic mass is 16.7. The Bertz CT molecular complexity index is 462. The number of ether oxygens (including phenoxy) is 2. The average molecular weight is 249 g/mol. The molecule has 1 aromatic carbocycles. The molecule has 0 bridgehead atoms. The van der Waals surface area contributed by atoms with Crippen LogP contribution in [0.25, 0.3) is 0 Å². The standard InChI is InChI=1S/C13H15NO4/c15-14(16)8-11-9-4-1-2-6-12(9)18-13-10(11)5-3-7-17-13/h1-2,4,6,10-11,13H,3,5,7-8H2/t10-,11+,13+/m0/s1. The van der Waals surface area contributed by atoms with Gasteiger partial charge < -0.3 is 9.47 Å². The summed E-state index contributed by atoms with van der Waals surface area (Å²) in [5.74, 6) is 0.724. The number of benzene rings is 1. The molecule has 0 spiro atoms. The van der Waals surface area contributed by atoms with Gasteiger partial charge in [-0.1, -0.05) is 18.2 Å². The quantitative estimate of drug-likeness (QED) is 0.595. The van der Waals surface area contributed by atoms with Gasteiger partial charge in [0.1, 0.15) is 5.75 Å². The van der Waals surface area contributed by atoms with Crippen molar-refractivity contribution in [3.63, 3.8) is 0 Å². The Labute approximate surface area is 105 Å². The second-order valence-corrected chi connectivity index (χ2v) is 4.82. The van der Waals surface area contributed by atoms with Crippen LogP contribution in [0.5, 0.6) is 5.75 Å². The normalized spacial score (nSPS) is 29.9. The van der Waals surface area contributed by atoms with E-state index < -0.39 is 0 Å². The minimum Gasteiger partial charge on any atom is -0.464 e. The molecular formula is C13H15NO4. The van der Waals surface area contributed by atoms with Crippen LogP contribution < -0.4 is 4.74 Å². The van der Waals surface area contributed by atoms with E-state index in [-0.39, 0.29) is 29.6 Å². The molecule has 18 heavy (non-hydrogen) atoms. The minimum absolute atomic E-state index is 0.0507. The highest BCUT2D eigenvalue weighted by Gasteiger charge is 2.42. The molecule has 0 amide bonds. The molecule has 2 heterocycles. The first kappa shape index (κ1) is 11.5. The van der Waals surface area contributed by atoms with Gasteiger partial charge >= 0.3 is 0 Å². The third kappa shape index (κ3) is 1.95. The van der Waals surface area contributed by atoms with Gasteiger partial charge in [-0.15, -0.1) is 0 Å². The van der Waals surface area contributed by atoms with E-state index in [1.54, 1.807) is 0 Å². The Morgan fingerprint density at radius 2 is 2.22 bits per heavy atom. The highest BCUT2D eigenvalue weighted by molar-refractivity contribution is 5.39. The van der Waals surface area contributed by atoms with Crippen molar-refractivity contribution in [3.05, 3.63) is 39.9 Å². The van der Waals surface area contributed by atoms with Gasteiger partial charge in [0.2, 0.25) is 12.8 Å². The molecule has 1 aromatic rings. The molecule has 0 aliphatic carbocycles. The maximum atomic E-state index is 10.9. The third-order valence-corrected chi connectivity index (χ3v) is 3.74. The molecule has 3 atom stereocenters. The van der Waals surface area contributed by atoms with Crippen molar-refractivity contribution in [2.24, 2.45) is 5.92 Å². The fourth-order valence-corrected chi connectivity index (χ4v) is 2.93. The summed E-state index contributed by atoms with van der Waals surface area (Å²) in [5, 5.41) is 10.9. The summed E-state index contributed by atoms with van der Waals surface area (Å²) in [6, 6.07) is 7.56. The molecular weight excluding hydrogens is 234 g/mol. The van der Waals surface area contributed by atoms with Crippen LogP contribution in [0.2, 0.25) is 0 Å². The van der Waals surface area contributed by atoms with E-state index >= 15 is 0 Å². The van der Waals surface area contributed by atoms with Crippen LogP contribution >= 0.6 is 0 Å². The fourth-order valence-electron chi connectivity index (χ4n) is 2.93. The van der Waals surface area contributed by atoms with Gasteiger partial charge in [0.15, 0.2) is 0 Å². The second-order valence-electron chi connectivity index (χ2n) is 4.82. The largest absolute Gasteiger partial charge is 0.464 e. The zero-order chi connectivity index (χ0) is 12.5. The zero-order valence-corrected chi connectivity index (χ0v) is 9.95. The van der Waals surface area contributed by atoms with Crippen LogP contribution in [0.1, 0.15) is 24.3 Å². The van der Waals surface area contributed by atoms with Gasteiger partial charge in [-0.25, -0.2) is 0 Å². The van der Waals surface area contributed by atoms with Crippen molar-refractivity contribution in [3.8, 4) is 5.75 Å². The zero-order valence-electron chi connectivity index (χ0n) is 9.95. The maximum absolute atomic E-state index is 10.9. The van der Waals surface area contributed by atoms with Crippen LogP contribution in [0.4, 0.5) is 0 Å². The summed E-state index contributed by atoms with van der Waals surface area (Å²) >= 11 is 0. The molecule has 5 heteroatoms. The molecule has 2 aliphatic rings. The lowest BCUT2D eigenvalue weighted by molar-refractivity contribution is -0.486. The van der Waals surface area contributed by atoms with E-state index in [2.05, 4.69) is 0 Å². The van der Waals surface area contributed by atoms with Crippen molar-refractivity contribution >= 4 is 0 Å². The lowest BCUT2D eigenvalue weighted by Crippen LogP contribution is -2.43. The van der Waals surface area contributed by atoms with Crippen molar-refractivity contribution < 1.29 is 14.4 Å². The SMILES string of the molecule is O=[N+]([O-])C[C@@H]1c2ccccc2O[C@H]2OCCC[C@H]21. The lowest BCUT2D eigenvalue weighted by atomic mass is 9.79. The number of hydrogen-bond acceptors (Lipinski definition) is 4. The van der Waals surface area contributed by atoms with Crippen molar-refractivity contribution in [2.45, 2.75) is 25.0 Å². The van der Waals surface area contributed by atoms with Crippen LogP contribution in [0, 0.1) is 16.0 Å². The third-order valence-electron chi connectivity index (χ3n) is 3.74. The molecule has 0 aromatic heterocycles. The van der Waals surface area contributed by atoms with Gasteiger partial charge in [-0.05, 0) is 18.9 Å². The summed E-state index contributed by atoms with van der Waals surface area (Å²) in [4.78, 5) is 10.6. The van der Waals surface area contributed by atoms with E-state index in [4.69, 9.17) is 9.47 Å². The van der Waals surface area contributed by atoms with Crippen molar-refractivity contribution in [1.82, 2.24) is 0 Å². The molecule has 1 saturated heterocycles. The first-order chi connectivity index (χ1) is 8.75. The van der Waals surface area contributed by atoms with E-state index in [9.17, 15) is 10.1 Å². The van der Waals surface area contributed by atoms with Gasteiger partial charge in [0, 0.05) is 16.4 Å². The van der Waals surface area contributed by atoms with Crippen LogP contribution in [0.3, 0.4) is 0 Å². The number of rotatable bonds is 2. The van der Waals surface area contributed by atoms with Crippen LogP contribution in [-0.2, 0) is 4.74 Å². The average Bonchev–Trinajstić information content (AvgIpc) is 2.38. The smallest absolute Gasteiger partial charge is 0.211 e. The molecule has 0 N–H and O–H groups in total. The second kappa shape index (κ2) is 4.57. The number of nitrogens with zero attached hydrogens (tertiary/aromatic N) is 1. The van der Waals surface area contributed by atoms with Crippen molar-refractivity contribution in [1.29, 1.82) is 0 Å². The van der Waals surface area contributed by atoms with E-state index in [0.717, 1.165) is 24.2 Å². The molecule has 5 nitrogen and oxygen atoms in total. The van der Waals surface area contributed by atoms with E-state index in [0.29, 0.717) is 6.61 Å². The van der Waals surface area contributed by atoms with Gasteiger partial charge in [-0.2, -0.15) is 0 Å². The molecule has 3 rings (SSSR count). The van der Waals surface area contributed by atoms with E-state index in [1.165, 1.54) is 0 Å². The summed E-state index contributed by atoms with van der Waals surface area (Å²) in [7, 11) is 0. The summed E-state index contributed by atoms with van der Waals surface area (Å²) in [6.07, 6.45) is 1.55. The molecule has 1 fully saturated rings. The monoisotopic (exact) mass is 249 g/mol. The number of para-hydroxylation sites is 1. The maximum Gasteiger partial charge on any atom is 0.211 e. The van der Waals surface area contributed by atoms with Crippen LogP contribution in [0.15, 0.2) is 24.3 Å². The predicted molar refractivity (Wildman–Crippen MR) is 64.1 cm³/mol. The van der Waals surface area contributed by atoms with Gasteiger partial charge in [0.05, 0.1) is 12.5 Å². The minimum atomic E-state index is -0.321. The Balaban J connectivity index is 1.97. The summed E-state index contributed by atoms with van der Waals surface area (Å²) in [6.45, 7) is 0.624. The Morgan fingerprint density at radius 1 is 1.39 bits per heavy atom. The molecule has 0 unspecified atom stereocenters. The molecule has 0 saturated carbocycles. The number of nitro groups is 1. The predicted octanol–water partition coefficient (Wildman–Crippen LogP) is 2.19. The van der Waals surface area contributed by atoms with Crippen LogP contribution in [-0.4, -0.2) is 24.4 Å². The van der Waals surface area contributed by atoms with Gasteiger partial charge in [-0.3, -0.25) is 10.1 Å². The summed E-state index contributed by atoms with van der Waals surface area (Å²) < 4.78 is 11.4. The Hall–Kier alpha value is -1.62. The van der Waals surface area contributed by atoms with E-state index in [1.807, 2.05) is 24.3 Å². The van der Waals surface area contributed by atoms with Gasteiger partial charge in [0.25, 0.3) is 0 Å². The molecule has 2 aliphatic heterocycles. The highest BCUT2D eigenvalue weighted by Crippen LogP contribution is 2.43. The number of hydrogen-bond donors (Lipinski definition) is 0. The number of fused-ring (bicyclic) bond motifs is 2.